The van der Waals surface area contributed by atoms with Gasteiger partial charge in [0.1, 0.15) is 5.60 Å². The lowest BCUT2D eigenvalue weighted by atomic mass is 9.83. The summed E-state index contributed by atoms with van der Waals surface area (Å²) in [6, 6.07) is 13.7. The van der Waals surface area contributed by atoms with Gasteiger partial charge in [0.15, 0.2) is 0 Å². The molecule has 1 unspecified atom stereocenters. The van der Waals surface area contributed by atoms with Crippen molar-refractivity contribution >= 4 is 40.2 Å². The molecule has 2 aromatic rings. The van der Waals surface area contributed by atoms with Crippen LogP contribution in [0.1, 0.15) is 17.5 Å². The zero-order chi connectivity index (χ0) is 14.8. The lowest BCUT2D eigenvalue weighted by Gasteiger charge is -2.28. The van der Waals surface area contributed by atoms with Gasteiger partial charge in [-0.3, -0.25) is 4.79 Å². The number of carbonyl (C=O) groups is 1. The van der Waals surface area contributed by atoms with Crippen molar-refractivity contribution in [1.82, 2.24) is 0 Å². The van der Waals surface area contributed by atoms with Gasteiger partial charge < -0.3 is 10.2 Å². The van der Waals surface area contributed by atoms with Gasteiger partial charge >= 0.3 is 5.97 Å². The summed E-state index contributed by atoms with van der Waals surface area (Å²) < 4.78 is 1.01. The van der Waals surface area contributed by atoms with E-state index in [4.69, 9.17) is 16.7 Å². The predicted octanol–water partition coefficient (Wildman–Crippen LogP) is 3.66. The molecule has 0 aliphatic rings. The highest BCUT2D eigenvalue weighted by Crippen LogP contribution is 2.34. The van der Waals surface area contributed by atoms with Gasteiger partial charge in [0.2, 0.25) is 0 Å². The molecule has 5 heteroatoms. The van der Waals surface area contributed by atoms with Crippen LogP contribution in [0.4, 0.5) is 0 Å². The van der Waals surface area contributed by atoms with E-state index in [1.807, 2.05) is 12.1 Å². The van der Waals surface area contributed by atoms with Crippen LogP contribution >= 0.6 is 34.2 Å². The van der Waals surface area contributed by atoms with Gasteiger partial charge in [-0.2, -0.15) is 0 Å². The smallest absolute Gasteiger partial charge is 0.306 e. The van der Waals surface area contributed by atoms with E-state index < -0.39 is 18.0 Å². The van der Waals surface area contributed by atoms with Gasteiger partial charge in [-0.25, -0.2) is 0 Å². The molecule has 0 heterocycles. The minimum absolute atomic E-state index is 0.408. The topological polar surface area (TPSA) is 57.5 Å². The van der Waals surface area contributed by atoms with Gasteiger partial charge in [-0.05, 0) is 58.0 Å². The summed E-state index contributed by atoms with van der Waals surface area (Å²) >= 11 is 7.99. The molecule has 2 N–H and O–H groups in total. The molecule has 2 aromatic carbocycles. The van der Waals surface area contributed by atoms with Crippen molar-refractivity contribution in [3.63, 3.8) is 0 Å². The fraction of sp³-hybridized carbons (Fsp3) is 0.133. The first-order valence-electron chi connectivity index (χ1n) is 5.88. The van der Waals surface area contributed by atoms with Crippen molar-refractivity contribution < 1.29 is 15.0 Å². The average molecular weight is 403 g/mol. The Bertz CT molecular complexity index is 563. The Morgan fingerprint density at radius 2 is 1.50 bits per heavy atom. The Hall–Kier alpha value is -1.11. The zero-order valence-electron chi connectivity index (χ0n) is 10.4. The van der Waals surface area contributed by atoms with Crippen molar-refractivity contribution in [3.8, 4) is 0 Å². The van der Waals surface area contributed by atoms with Crippen LogP contribution in [0.5, 0.6) is 0 Å². The lowest BCUT2D eigenvalue weighted by Crippen LogP contribution is -2.30. The number of aliphatic carboxylic acids is 1. The number of hydrogen-bond acceptors (Lipinski definition) is 2. The first-order chi connectivity index (χ1) is 9.41. The molecule has 104 valence electrons. The fourth-order valence-electron chi connectivity index (χ4n) is 2.04. The van der Waals surface area contributed by atoms with E-state index in [0.717, 1.165) is 3.57 Å². The number of carboxylic acid groups (broad SMARTS) is 1. The van der Waals surface area contributed by atoms with Crippen LogP contribution in [0.15, 0.2) is 48.5 Å². The summed E-state index contributed by atoms with van der Waals surface area (Å²) in [5.41, 5.74) is -0.519. The Kier molecular flexibility index (Phi) is 4.67. The summed E-state index contributed by atoms with van der Waals surface area (Å²) in [6.07, 6.45) is -0.408. The number of hydrogen-bond donors (Lipinski definition) is 2. The summed E-state index contributed by atoms with van der Waals surface area (Å²) in [6.45, 7) is 0. The monoisotopic (exact) mass is 402 g/mol. The molecule has 1 atom stereocenters. The Morgan fingerprint density at radius 1 is 1.05 bits per heavy atom. The van der Waals surface area contributed by atoms with Gasteiger partial charge in [0.25, 0.3) is 0 Å². The van der Waals surface area contributed by atoms with Crippen molar-refractivity contribution in [1.29, 1.82) is 0 Å². The van der Waals surface area contributed by atoms with E-state index >= 15 is 0 Å². The van der Waals surface area contributed by atoms with Crippen LogP contribution < -0.4 is 0 Å². The van der Waals surface area contributed by atoms with E-state index in [2.05, 4.69) is 22.6 Å². The lowest BCUT2D eigenvalue weighted by molar-refractivity contribution is -0.141. The maximum Gasteiger partial charge on any atom is 0.306 e. The highest BCUT2D eigenvalue weighted by atomic mass is 127. The third-order valence-electron chi connectivity index (χ3n) is 3.05. The first-order valence-corrected chi connectivity index (χ1v) is 7.34. The third-order valence-corrected chi connectivity index (χ3v) is 4.02. The van der Waals surface area contributed by atoms with Crippen molar-refractivity contribution in [3.05, 3.63) is 68.3 Å². The zero-order valence-corrected chi connectivity index (χ0v) is 13.3. The van der Waals surface area contributed by atoms with Crippen LogP contribution in [0.2, 0.25) is 5.02 Å². The number of rotatable bonds is 4. The quantitative estimate of drug-likeness (QED) is 0.768. The number of carboxylic acids is 1. The van der Waals surface area contributed by atoms with E-state index in [9.17, 15) is 9.90 Å². The molecule has 0 amide bonds. The standard InChI is InChI=1S/C15H12ClIO3/c16-12-5-1-10(2-6-12)15(20,9-14(18)19)11-3-7-13(17)8-4-11/h1-8,20H,9H2,(H,18,19). The second kappa shape index (κ2) is 6.11. The Morgan fingerprint density at radius 3 is 1.95 bits per heavy atom. The molecule has 0 spiro atoms. The molecule has 20 heavy (non-hydrogen) atoms. The fourth-order valence-corrected chi connectivity index (χ4v) is 2.53. The first kappa shape index (κ1) is 15.3. The van der Waals surface area contributed by atoms with Crippen LogP contribution in [0, 0.1) is 3.57 Å². The van der Waals surface area contributed by atoms with Crippen LogP contribution in [-0.4, -0.2) is 16.2 Å². The number of benzene rings is 2. The summed E-state index contributed by atoms with van der Waals surface area (Å²) in [5.74, 6) is -1.07. The predicted molar refractivity (Wildman–Crippen MR) is 85.9 cm³/mol. The van der Waals surface area contributed by atoms with Crippen LogP contribution in [-0.2, 0) is 10.4 Å². The second-order valence-electron chi connectivity index (χ2n) is 4.44. The van der Waals surface area contributed by atoms with Gasteiger partial charge in [-0.15, -0.1) is 0 Å². The third kappa shape index (κ3) is 3.31. The minimum atomic E-state index is -1.57. The normalized spacial score (nSPS) is 13.8. The van der Waals surface area contributed by atoms with Gasteiger partial charge in [-0.1, -0.05) is 35.9 Å². The van der Waals surface area contributed by atoms with Gasteiger partial charge in [0.05, 0.1) is 6.42 Å². The highest BCUT2D eigenvalue weighted by Gasteiger charge is 2.34. The van der Waals surface area contributed by atoms with E-state index in [1.165, 1.54) is 0 Å². The minimum Gasteiger partial charge on any atom is -0.481 e. The van der Waals surface area contributed by atoms with Crippen molar-refractivity contribution in [2.45, 2.75) is 12.0 Å². The highest BCUT2D eigenvalue weighted by molar-refractivity contribution is 14.1. The molecule has 0 aliphatic carbocycles. The van der Waals surface area contributed by atoms with E-state index in [0.29, 0.717) is 16.1 Å². The maximum absolute atomic E-state index is 11.1. The second-order valence-corrected chi connectivity index (χ2v) is 6.13. The molecule has 0 saturated carbocycles. The molecule has 0 aliphatic heterocycles. The SMILES string of the molecule is O=C(O)CC(O)(c1ccc(Cl)cc1)c1ccc(I)cc1. The number of halogens is 2. The molecule has 0 radical (unpaired) electrons. The Balaban J connectivity index is 2.52. The van der Waals surface area contributed by atoms with Crippen molar-refractivity contribution in [2.24, 2.45) is 0 Å². The van der Waals surface area contributed by atoms with Crippen LogP contribution in [0.3, 0.4) is 0 Å². The molecule has 0 bridgehead atoms. The average Bonchev–Trinajstić information content (AvgIpc) is 2.39. The summed E-state index contributed by atoms with van der Waals surface area (Å²) in [5, 5.41) is 20.5. The molecule has 0 fully saturated rings. The maximum atomic E-state index is 11.1. The van der Waals surface area contributed by atoms with Crippen molar-refractivity contribution in [2.75, 3.05) is 0 Å². The summed E-state index contributed by atoms with van der Waals surface area (Å²) in [7, 11) is 0. The van der Waals surface area contributed by atoms with E-state index in [-0.39, 0.29) is 0 Å². The molecule has 0 saturated heterocycles. The molecular weight excluding hydrogens is 391 g/mol. The Labute approximate surface area is 135 Å². The molecular formula is C15H12ClIO3. The summed E-state index contributed by atoms with van der Waals surface area (Å²) in [4.78, 5) is 11.1. The molecule has 2 rings (SSSR count). The number of aliphatic hydroxyl groups is 1. The molecule has 3 nitrogen and oxygen atoms in total. The van der Waals surface area contributed by atoms with Gasteiger partial charge in [0, 0.05) is 8.59 Å². The van der Waals surface area contributed by atoms with E-state index in [1.54, 1.807) is 36.4 Å². The molecule has 0 aromatic heterocycles. The largest absolute Gasteiger partial charge is 0.481 e. The van der Waals surface area contributed by atoms with Crippen LogP contribution in [0.25, 0.3) is 0 Å².